The molecule has 0 saturated carbocycles. The molecule has 0 aromatic heterocycles. The molecule has 0 bridgehead atoms. The lowest BCUT2D eigenvalue weighted by Gasteiger charge is -2.34. The SMILES string of the molecule is C[C@@H]1CC[C@@H](C)P1c1ccccc1P1(=O)[C@H](C)CCC1(C)C. The van der Waals surface area contributed by atoms with E-state index in [1.54, 1.807) is 0 Å². The Morgan fingerprint density at radius 1 is 1.05 bits per heavy atom. The van der Waals surface area contributed by atoms with Crippen molar-refractivity contribution in [3.8, 4) is 0 Å². The Bertz CT molecular complexity index is 597. The van der Waals surface area contributed by atoms with E-state index in [0.717, 1.165) is 24.2 Å². The van der Waals surface area contributed by atoms with Crippen LogP contribution in [0.25, 0.3) is 0 Å². The van der Waals surface area contributed by atoms with E-state index < -0.39 is 7.14 Å². The summed E-state index contributed by atoms with van der Waals surface area (Å²) in [5.74, 6) is 0. The molecule has 1 aromatic rings. The minimum absolute atomic E-state index is 0.0376. The summed E-state index contributed by atoms with van der Waals surface area (Å²) in [7, 11) is -2.51. The van der Waals surface area contributed by atoms with E-state index in [0.29, 0.717) is 5.66 Å². The average Bonchev–Trinajstić information content (AvgIpc) is 2.92. The Kier molecular flexibility index (Phi) is 4.37. The fourth-order valence-corrected chi connectivity index (χ4v) is 12.8. The van der Waals surface area contributed by atoms with E-state index in [2.05, 4.69) is 58.9 Å². The van der Waals surface area contributed by atoms with E-state index in [-0.39, 0.29) is 13.1 Å². The lowest BCUT2D eigenvalue weighted by atomic mass is 10.1. The number of hydrogen-bond donors (Lipinski definition) is 0. The highest BCUT2D eigenvalue weighted by Gasteiger charge is 2.52. The highest BCUT2D eigenvalue weighted by molar-refractivity contribution is 7.77. The first kappa shape index (κ1) is 16.7. The molecule has 3 heteroatoms. The molecule has 2 aliphatic rings. The summed E-state index contributed by atoms with van der Waals surface area (Å²) in [5, 5.41) is 2.68. The summed E-state index contributed by atoms with van der Waals surface area (Å²) >= 11 is 0. The molecule has 2 heterocycles. The lowest BCUT2D eigenvalue weighted by molar-refractivity contribution is 0.554. The number of benzene rings is 1. The Hall–Kier alpha value is -0.120. The quantitative estimate of drug-likeness (QED) is 0.669. The molecule has 2 saturated heterocycles. The topological polar surface area (TPSA) is 17.1 Å². The van der Waals surface area contributed by atoms with Crippen molar-refractivity contribution in [2.75, 3.05) is 0 Å². The van der Waals surface area contributed by atoms with Crippen LogP contribution in [0.1, 0.15) is 60.3 Å². The first-order chi connectivity index (χ1) is 10.3. The second-order valence-electron chi connectivity index (χ2n) is 8.03. The van der Waals surface area contributed by atoms with Gasteiger partial charge in [-0.05, 0) is 42.3 Å². The molecule has 0 amide bonds. The van der Waals surface area contributed by atoms with E-state index >= 15 is 0 Å². The molecule has 3 rings (SSSR count). The van der Waals surface area contributed by atoms with Crippen molar-refractivity contribution in [1.29, 1.82) is 0 Å². The third-order valence-corrected chi connectivity index (χ3v) is 14.3. The Morgan fingerprint density at radius 3 is 2.18 bits per heavy atom. The summed E-state index contributed by atoms with van der Waals surface area (Å²) < 4.78 is 14.2. The Balaban J connectivity index is 2.15. The van der Waals surface area contributed by atoms with Crippen molar-refractivity contribution < 1.29 is 4.57 Å². The third-order valence-electron chi connectivity index (χ3n) is 6.16. The molecule has 2 aliphatic heterocycles. The van der Waals surface area contributed by atoms with Gasteiger partial charge in [0.25, 0.3) is 0 Å². The zero-order valence-electron chi connectivity index (χ0n) is 14.7. The molecule has 0 N–H and O–H groups in total. The van der Waals surface area contributed by atoms with Crippen molar-refractivity contribution in [2.45, 2.75) is 82.4 Å². The van der Waals surface area contributed by atoms with Crippen LogP contribution in [0.15, 0.2) is 24.3 Å². The summed E-state index contributed by atoms with van der Waals surface area (Å²) in [6, 6.07) is 8.79. The monoisotopic (exact) mass is 336 g/mol. The van der Waals surface area contributed by atoms with Crippen LogP contribution in [-0.2, 0) is 4.57 Å². The van der Waals surface area contributed by atoms with Gasteiger partial charge in [-0.1, -0.05) is 66.8 Å². The largest absolute Gasteiger partial charge is 0.318 e. The first-order valence-electron chi connectivity index (χ1n) is 8.77. The van der Waals surface area contributed by atoms with Crippen LogP contribution in [0.4, 0.5) is 0 Å². The van der Waals surface area contributed by atoms with E-state index in [4.69, 9.17) is 0 Å². The van der Waals surface area contributed by atoms with Gasteiger partial charge in [0.2, 0.25) is 0 Å². The highest BCUT2D eigenvalue weighted by atomic mass is 31.2. The van der Waals surface area contributed by atoms with Gasteiger partial charge in [0.1, 0.15) is 7.14 Å². The van der Waals surface area contributed by atoms with E-state index in [1.807, 2.05) is 0 Å². The van der Waals surface area contributed by atoms with Crippen LogP contribution in [0, 0.1) is 0 Å². The fourth-order valence-electron chi connectivity index (χ4n) is 4.70. The summed E-state index contributed by atoms with van der Waals surface area (Å²) in [6.45, 7) is 11.5. The van der Waals surface area contributed by atoms with Crippen LogP contribution in [-0.4, -0.2) is 22.1 Å². The molecular weight excluding hydrogens is 306 g/mol. The van der Waals surface area contributed by atoms with Crippen LogP contribution >= 0.6 is 15.1 Å². The van der Waals surface area contributed by atoms with Crippen molar-refractivity contribution in [3.63, 3.8) is 0 Å². The molecule has 4 atom stereocenters. The van der Waals surface area contributed by atoms with Gasteiger partial charge in [-0.3, -0.25) is 0 Å². The zero-order chi connectivity index (χ0) is 16.1. The maximum absolute atomic E-state index is 14.2. The van der Waals surface area contributed by atoms with E-state index in [9.17, 15) is 4.57 Å². The molecular formula is C19H30OP2. The molecule has 1 unspecified atom stereocenters. The second kappa shape index (κ2) is 5.75. The van der Waals surface area contributed by atoms with Crippen LogP contribution in [0.5, 0.6) is 0 Å². The Morgan fingerprint density at radius 2 is 1.64 bits per heavy atom. The third kappa shape index (κ3) is 2.35. The van der Waals surface area contributed by atoms with Crippen molar-refractivity contribution in [3.05, 3.63) is 24.3 Å². The van der Waals surface area contributed by atoms with Gasteiger partial charge in [0.15, 0.2) is 0 Å². The molecule has 122 valence electrons. The highest BCUT2D eigenvalue weighted by Crippen LogP contribution is 2.69. The van der Waals surface area contributed by atoms with Crippen molar-refractivity contribution >= 4 is 25.7 Å². The standard InChI is InChI=1S/C19H30OP2/c1-14-10-11-15(2)21(14)17-8-6-7-9-18(17)22(20)16(3)12-13-19(22,4)5/h6-9,14-16H,10-13H2,1-5H3/t14-,15-,16-,22?/m1/s1. The molecule has 0 radical (unpaired) electrons. The summed E-state index contributed by atoms with van der Waals surface area (Å²) in [6.07, 6.45) is 4.89. The minimum atomic E-state index is -2.34. The Labute approximate surface area is 137 Å². The molecule has 2 fully saturated rings. The van der Waals surface area contributed by atoms with Gasteiger partial charge in [-0.15, -0.1) is 0 Å². The molecule has 1 nitrogen and oxygen atoms in total. The van der Waals surface area contributed by atoms with Gasteiger partial charge in [-0.2, -0.15) is 0 Å². The smallest absolute Gasteiger partial charge is 0.124 e. The van der Waals surface area contributed by atoms with Crippen LogP contribution in [0.3, 0.4) is 0 Å². The molecule has 1 aromatic carbocycles. The molecule has 22 heavy (non-hydrogen) atoms. The number of rotatable bonds is 2. The summed E-state index contributed by atoms with van der Waals surface area (Å²) in [4.78, 5) is 0. The summed E-state index contributed by atoms with van der Waals surface area (Å²) in [5.41, 5.74) is 1.89. The predicted octanol–water partition coefficient (Wildman–Crippen LogP) is 5.31. The first-order valence-corrected chi connectivity index (χ1v) is 12.0. The number of hydrogen-bond acceptors (Lipinski definition) is 1. The van der Waals surface area contributed by atoms with E-state index in [1.165, 1.54) is 23.5 Å². The van der Waals surface area contributed by atoms with Gasteiger partial charge in [-0.25, -0.2) is 0 Å². The maximum atomic E-state index is 14.2. The van der Waals surface area contributed by atoms with Gasteiger partial charge in [0, 0.05) is 16.1 Å². The van der Waals surface area contributed by atoms with Gasteiger partial charge < -0.3 is 4.57 Å². The molecule has 0 aliphatic carbocycles. The minimum Gasteiger partial charge on any atom is -0.318 e. The zero-order valence-corrected chi connectivity index (χ0v) is 16.5. The maximum Gasteiger partial charge on any atom is 0.124 e. The normalized spacial score (nSPS) is 38.5. The van der Waals surface area contributed by atoms with Crippen molar-refractivity contribution in [1.82, 2.24) is 0 Å². The predicted molar refractivity (Wildman–Crippen MR) is 101 cm³/mol. The average molecular weight is 336 g/mol. The molecule has 0 spiro atoms. The lowest BCUT2D eigenvalue weighted by Crippen LogP contribution is -2.34. The fraction of sp³-hybridized carbons (Fsp3) is 0.684. The second-order valence-corrected chi connectivity index (χ2v) is 15.0. The van der Waals surface area contributed by atoms with Crippen molar-refractivity contribution in [2.24, 2.45) is 0 Å². The van der Waals surface area contributed by atoms with Gasteiger partial charge >= 0.3 is 0 Å². The van der Waals surface area contributed by atoms with Gasteiger partial charge in [0.05, 0.1) is 0 Å². The van der Waals surface area contributed by atoms with Crippen LogP contribution < -0.4 is 10.6 Å². The van der Waals surface area contributed by atoms with Crippen LogP contribution in [0.2, 0.25) is 0 Å².